The van der Waals surface area contributed by atoms with E-state index >= 15 is 0 Å². The van der Waals surface area contributed by atoms with Gasteiger partial charge in [-0.2, -0.15) is 0 Å². The molecule has 0 saturated carbocycles. The minimum atomic E-state index is 0. The zero-order chi connectivity index (χ0) is 17.8. The first kappa shape index (κ1) is 19.4. The van der Waals surface area contributed by atoms with Crippen LogP contribution in [0.5, 0.6) is 0 Å². The molecule has 0 spiro atoms. The molecule has 27 heavy (non-hydrogen) atoms. The van der Waals surface area contributed by atoms with Crippen LogP contribution in [0.1, 0.15) is 11.4 Å². The molecule has 0 aliphatic heterocycles. The number of oxazole rings is 1. The van der Waals surface area contributed by atoms with Gasteiger partial charge in [0.1, 0.15) is 6.26 Å². The van der Waals surface area contributed by atoms with E-state index in [4.69, 9.17) is 4.42 Å². The van der Waals surface area contributed by atoms with Gasteiger partial charge in [0.05, 0.1) is 24.5 Å². The average molecular weight is 494 g/mol. The molecule has 0 fully saturated rings. The summed E-state index contributed by atoms with van der Waals surface area (Å²) in [4.78, 5) is 14.3. The maximum Gasteiger partial charge on any atom is 0.226 e. The Hall–Kier alpha value is -2.40. The lowest BCUT2D eigenvalue weighted by molar-refractivity contribution is 0.572. The van der Waals surface area contributed by atoms with Crippen molar-refractivity contribution in [3.63, 3.8) is 0 Å². The van der Waals surface area contributed by atoms with Crippen LogP contribution in [0, 0.1) is 0 Å². The number of aliphatic imine (C=N–C) groups is 1. The number of nitrogens with one attached hydrogen (secondary N) is 2. The van der Waals surface area contributed by atoms with E-state index < -0.39 is 0 Å². The molecule has 0 bridgehead atoms. The number of guanidine groups is 1. The Morgan fingerprint density at radius 1 is 1.15 bits per heavy atom. The van der Waals surface area contributed by atoms with Gasteiger partial charge in [0, 0.05) is 30.4 Å². The van der Waals surface area contributed by atoms with E-state index in [-0.39, 0.29) is 24.0 Å². The van der Waals surface area contributed by atoms with Crippen molar-refractivity contribution in [2.24, 2.45) is 4.99 Å². The van der Waals surface area contributed by atoms with Gasteiger partial charge in [-0.3, -0.25) is 9.39 Å². The third-order valence-electron chi connectivity index (χ3n) is 3.81. The second-order valence-electron chi connectivity index (χ2n) is 5.61. The summed E-state index contributed by atoms with van der Waals surface area (Å²) in [5.74, 6) is 1.30. The first-order valence-corrected chi connectivity index (χ1v) is 9.05. The lowest BCUT2D eigenvalue weighted by Gasteiger charge is -2.09. The van der Waals surface area contributed by atoms with Crippen molar-refractivity contribution in [3.05, 3.63) is 65.8 Å². The fourth-order valence-electron chi connectivity index (χ4n) is 2.53. The van der Waals surface area contributed by atoms with Crippen LogP contribution in [0.25, 0.3) is 16.4 Å². The van der Waals surface area contributed by atoms with Crippen LogP contribution in [0.15, 0.2) is 63.8 Å². The summed E-state index contributed by atoms with van der Waals surface area (Å²) in [5, 5.41) is 8.50. The minimum absolute atomic E-state index is 0. The first-order valence-electron chi connectivity index (χ1n) is 8.17. The van der Waals surface area contributed by atoms with E-state index in [0.717, 1.165) is 21.9 Å². The zero-order valence-corrected chi connectivity index (χ0v) is 17.8. The van der Waals surface area contributed by atoms with Gasteiger partial charge in [0.15, 0.2) is 10.9 Å². The number of nitrogens with zero attached hydrogens (tertiary/aromatic N) is 4. The minimum Gasteiger partial charge on any atom is -0.444 e. The number of rotatable bonds is 5. The molecule has 0 unspecified atom stereocenters. The molecule has 3 aromatic heterocycles. The van der Waals surface area contributed by atoms with Crippen LogP contribution in [0.2, 0.25) is 0 Å². The third kappa shape index (κ3) is 4.66. The van der Waals surface area contributed by atoms with E-state index in [1.54, 1.807) is 24.6 Å². The maximum atomic E-state index is 5.55. The molecule has 0 aliphatic rings. The number of aromatic nitrogens is 3. The number of hydrogen-bond acceptors (Lipinski definition) is 5. The Kier molecular flexibility index (Phi) is 6.45. The number of hydrogen-bond donors (Lipinski definition) is 2. The van der Waals surface area contributed by atoms with Gasteiger partial charge >= 0.3 is 0 Å². The fraction of sp³-hybridized carbons (Fsp3) is 0.167. The smallest absolute Gasteiger partial charge is 0.226 e. The Balaban J connectivity index is 0.00000210. The van der Waals surface area contributed by atoms with Gasteiger partial charge in [-0.25, -0.2) is 9.97 Å². The highest BCUT2D eigenvalue weighted by Gasteiger charge is 2.08. The first-order chi connectivity index (χ1) is 12.8. The van der Waals surface area contributed by atoms with Gasteiger partial charge in [0.25, 0.3) is 0 Å². The van der Waals surface area contributed by atoms with Crippen LogP contribution >= 0.6 is 35.3 Å². The number of imidazole rings is 1. The van der Waals surface area contributed by atoms with Gasteiger partial charge in [-0.15, -0.1) is 35.3 Å². The molecule has 4 aromatic rings. The van der Waals surface area contributed by atoms with Crippen molar-refractivity contribution >= 4 is 46.2 Å². The molecule has 1 aromatic carbocycles. The molecule has 3 heterocycles. The Labute approximate surface area is 177 Å². The summed E-state index contributed by atoms with van der Waals surface area (Å²) in [6.45, 7) is 1.12. The monoisotopic (exact) mass is 494 g/mol. The summed E-state index contributed by atoms with van der Waals surface area (Å²) in [5.41, 5.74) is 2.74. The fourth-order valence-corrected chi connectivity index (χ4v) is 3.25. The van der Waals surface area contributed by atoms with Gasteiger partial charge in [-0.1, -0.05) is 18.2 Å². The molecule has 9 heteroatoms. The highest BCUT2D eigenvalue weighted by molar-refractivity contribution is 14.0. The van der Waals surface area contributed by atoms with Crippen molar-refractivity contribution in [2.45, 2.75) is 13.1 Å². The number of benzene rings is 1. The third-order valence-corrected chi connectivity index (χ3v) is 4.58. The molecule has 4 rings (SSSR count). The van der Waals surface area contributed by atoms with Crippen molar-refractivity contribution in [2.75, 3.05) is 7.05 Å². The summed E-state index contributed by atoms with van der Waals surface area (Å²) in [6.07, 6.45) is 5.67. The van der Waals surface area contributed by atoms with Crippen molar-refractivity contribution in [3.8, 4) is 11.5 Å². The topological polar surface area (TPSA) is 79.8 Å². The van der Waals surface area contributed by atoms with E-state index in [2.05, 4.69) is 25.6 Å². The number of thiazole rings is 1. The van der Waals surface area contributed by atoms with Crippen LogP contribution in [-0.2, 0) is 13.1 Å². The van der Waals surface area contributed by atoms with Crippen molar-refractivity contribution in [1.29, 1.82) is 0 Å². The highest BCUT2D eigenvalue weighted by atomic mass is 127. The molecule has 0 aliphatic carbocycles. The summed E-state index contributed by atoms with van der Waals surface area (Å²) in [6, 6.07) is 9.83. The van der Waals surface area contributed by atoms with Crippen molar-refractivity contribution in [1.82, 2.24) is 25.0 Å². The highest BCUT2D eigenvalue weighted by Crippen LogP contribution is 2.17. The Morgan fingerprint density at radius 2 is 1.93 bits per heavy atom. The molecule has 7 nitrogen and oxygen atoms in total. The second kappa shape index (κ2) is 9.00. The summed E-state index contributed by atoms with van der Waals surface area (Å²) < 4.78 is 7.56. The lowest BCUT2D eigenvalue weighted by atomic mass is 10.2. The van der Waals surface area contributed by atoms with E-state index in [9.17, 15) is 0 Å². The Bertz CT molecular complexity index is 994. The predicted octanol–water partition coefficient (Wildman–Crippen LogP) is 3.53. The molecule has 2 N–H and O–H groups in total. The second-order valence-corrected chi connectivity index (χ2v) is 6.49. The summed E-state index contributed by atoms with van der Waals surface area (Å²) in [7, 11) is 1.74. The van der Waals surface area contributed by atoms with Crippen molar-refractivity contribution < 1.29 is 4.42 Å². The summed E-state index contributed by atoms with van der Waals surface area (Å²) >= 11 is 1.62. The van der Waals surface area contributed by atoms with E-state index in [0.29, 0.717) is 24.9 Å². The van der Waals surface area contributed by atoms with Gasteiger partial charge < -0.3 is 15.1 Å². The SMILES string of the molecule is CN=C(NCc1coc(-c2ccccc2)n1)NCc1cn2ccsc2n1.I. The van der Waals surface area contributed by atoms with Gasteiger partial charge in [-0.05, 0) is 12.1 Å². The predicted molar refractivity (Wildman–Crippen MR) is 117 cm³/mol. The van der Waals surface area contributed by atoms with Crippen LogP contribution < -0.4 is 10.6 Å². The van der Waals surface area contributed by atoms with Gasteiger partial charge in [0.2, 0.25) is 5.89 Å². The van der Waals surface area contributed by atoms with E-state index in [1.807, 2.05) is 52.5 Å². The number of halogens is 1. The number of fused-ring (bicyclic) bond motifs is 1. The zero-order valence-electron chi connectivity index (χ0n) is 14.6. The molecule has 0 saturated heterocycles. The molecule has 0 atom stereocenters. The average Bonchev–Trinajstić information content (AvgIpc) is 3.39. The molecule has 0 radical (unpaired) electrons. The molecular formula is C18H19IN6OS. The van der Waals surface area contributed by atoms with E-state index in [1.165, 1.54) is 0 Å². The largest absolute Gasteiger partial charge is 0.444 e. The van der Waals surface area contributed by atoms with Crippen LogP contribution in [0.3, 0.4) is 0 Å². The normalized spacial score (nSPS) is 11.4. The Morgan fingerprint density at radius 3 is 2.67 bits per heavy atom. The van der Waals surface area contributed by atoms with Crippen LogP contribution in [0.4, 0.5) is 0 Å². The van der Waals surface area contributed by atoms with Crippen LogP contribution in [-0.4, -0.2) is 27.4 Å². The molecule has 0 amide bonds. The lowest BCUT2D eigenvalue weighted by Crippen LogP contribution is -2.36. The maximum absolute atomic E-state index is 5.55. The molecular weight excluding hydrogens is 475 g/mol. The standard InChI is InChI=1S/C18H18N6OS.HI/c1-19-17(20-9-14-11-24-7-8-26-18(24)23-14)21-10-15-12-25-16(22-15)13-5-3-2-4-6-13;/h2-8,11-12H,9-10H2,1H3,(H2,19,20,21);1H. The molecule has 140 valence electrons. The quantitative estimate of drug-likeness (QED) is 0.252.